The first-order valence-corrected chi connectivity index (χ1v) is 9.56. The number of nitrogens with zero attached hydrogens (tertiary/aromatic N) is 3. The lowest BCUT2D eigenvalue weighted by Gasteiger charge is -2.12. The smallest absolute Gasteiger partial charge is 0.256 e. The second kappa shape index (κ2) is 8.71. The number of rotatable bonds is 6. The Hall–Kier alpha value is -3.13. The maximum Gasteiger partial charge on any atom is 0.256 e. The number of aryl methyl sites for hydroxylation is 1. The highest BCUT2D eigenvalue weighted by molar-refractivity contribution is 7.98. The number of nitrogens with one attached hydrogen (secondary N) is 1. The molecule has 3 rings (SSSR count). The van der Waals surface area contributed by atoms with E-state index < -0.39 is 0 Å². The fourth-order valence-electron chi connectivity index (χ4n) is 2.51. The van der Waals surface area contributed by atoms with Crippen LogP contribution in [0.5, 0.6) is 0 Å². The summed E-state index contributed by atoms with van der Waals surface area (Å²) in [6.07, 6.45) is 0. The first kappa shape index (κ1) is 19.6. The van der Waals surface area contributed by atoms with Gasteiger partial charge in [0.1, 0.15) is 0 Å². The zero-order valence-electron chi connectivity index (χ0n) is 15.8. The van der Waals surface area contributed by atoms with E-state index in [-0.39, 0.29) is 11.8 Å². The Balaban J connectivity index is 1.74. The van der Waals surface area contributed by atoms with E-state index in [1.54, 1.807) is 51.4 Å². The molecule has 2 amide bonds. The van der Waals surface area contributed by atoms with Crippen LogP contribution in [0.25, 0.3) is 0 Å². The molecule has 0 radical (unpaired) electrons. The maximum atomic E-state index is 12.8. The van der Waals surface area contributed by atoms with Crippen LogP contribution in [0.1, 0.15) is 32.4 Å². The number of thioether (sulfide) groups is 1. The van der Waals surface area contributed by atoms with Crippen molar-refractivity contribution in [1.29, 1.82) is 0 Å². The topological polar surface area (TPSA) is 88.3 Å². The zero-order valence-corrected chi connectivity index (χ0v) is 16.6. The third kappa shape index (κ3) is 4.77. The molecular weight excluding hydrogens is 376 g/mol. The summed E-state index contributed by atoms with van der Waals surface area (Å²) < 4.78 is 4.97. The van der Waals surface area contributed by atoms with Crippen molar-refractivity contribution in [1.82, 2.24) is 15.0 Å². The number of amides is 2. The number of aromatic nitrogens is 2. The van der Waals surface area contributed by atoms with Crippen molar-refractivity contribution in [2.24, 2.45) is 0 Å². The fraction of sp³-hybridized carbons (Fsp3) is 0.200. The van der Waals surface area contributed by atoms with Crippen LogP contribution in [-0.2, 0) is 5.75 Å². The summed E-state index contributed by atoms with van der Waals surface area (Å²) in [5.74, 6) is 1.21. The maximum absolute atomic E-state index is 12.8. The van der Waals surface area contributed by atoms with E-state index in [4.69, 9.17) is 4.52 Å². The molecule has 0 saturated heterocycles. The molecule has 0 bridgehead atoms. The second-order valence-electron chi connectivity index (χ2n) is 6.25. The van der Waals surface area contributed by atoms with E-state index in [1.807, 2.05) is 18.2 Å². The van der Waals surface area contributed by atoms with Crippen LogP contribution in [0.4, 0.5) is 5.69 Å². The van der Waals surface area contributed by atoms with Crippen LogP contribution in [0.2, 0.25) is 0 Å². The third-order valence-electron chi connectivity index (χ3n) is 3.83. The normalized spacial score (nSPS) is 10.5. The standard InChI is InChI=1S/C20H20N4O3S/c1-13-21-18(23-27-13)12-28-17-10-5-4-9-16(17)19(25)22-15-8-6-7-14(11-15)20(26)24(2)3/h4-11H,12H2,1-3H3,(H,22,25). The number of carbonyl (C=O) groups excluding carboxylic acids is 2. The lowest BCUT2D eigenvalue weighted by atomic mass is 10.1. The van der Waals surface area contributed by atoms with E-state index in [1.165, 1.54) is 16.7 Å². The molecule has 1 N–H and O–H groups in total. The van der Waals surface area contributed by atoms with Gasteiger partial charge in [-0.25, -0.2) is 0 Å². The van der Waals surface area contributed by atoms with Crippen molar-refractivity contribution in [3.63, 3.8) is 0 Å². The van der Waals surface area contributed by atoms with Crippen LogP contribution < -0.4 is 5.32 Å². The van der Waals surface area contributed by atoms with Crippen molar-refractivity contribution in [2.75, 3.05) is 19.4 Å². The van der Waals surface area contributed by atoms with Gasteiger partial charge < -0.3 is 14.7 Å². The van der Waals surface area contributed by atoms with Crippen molar-refractivity contribution >= 4 is 29.3 Å². The van der Waals surface area contributed by atoms with Gasteiger partial charge >= 0.3 is 0 Å². The highest BCUT2D eigenvalue weighted by atomic mass is 32.2. The third-order valence-corrected chi connectivity index (χ3v) is 4.90. The molecule has 0 fully saturated rings. The lowest BCUT2D eigenvalue weighted by Crippen LogP contribution is -2.22. The first-order chi connectivity index (χ1) is 13.4. The van der Waals surface area contributed by atoms with Gasteiger partial charge in [-0.05, 0) is 30.3 Å². The fourth-order valence-corrected chi connectivity index (χ4v) is 3.40. The van der Waals surface area contributed by atoms with Crippen LogP contribution in [0, 0.1) is 6.92 Å². The molecule has 28 heavy (non-hydrogen) atoms. The van der Waals surface area contributed by atoms with Gasteiger partial charge in [0.05, 0.1) is 11.3 Å². The molecule has 0 atom stereocenters. The van der Waals surface area contributed by atoms with Crippen molar-refractivity contribution in [3.8, 4) is 0 Å². The van der Waals surface area contributed by atoms with E-state index in [9.17, 15) is 9.59 Å². The average molecular weight is 396 g/mol. The molecule has 0 spiro atoms. The Morgan fingerprint density at radius 2 is 1.93 bits per heavy atom. The Kier molecular flexibility index (Phi) is 6.10. The lowest BCUT2D eigenvalue weighted by molar-refractivity contribution is 0.0827. The number of anilines is 1. The molecular formula is C20H20N4O3S. The van der Waals surface area contributed by atoms with Crippen LogP contribution >= 0.6 is 11.8 Å². The molecule has 0 aliphatic carbocycles. The monoisotopic (exact) mass is 396 g/mol. The number of hydrogen-bond donors (Lipinski definition) is 1. The minimum Gasteiger partial charge on any atom is -0.345 e. The molecule has 0 aliphatic rings. The number of benzene rings is 2. The van der Waals surface area contributed by atoms with Gasteiger partial charge in [0, 0.05) is 37.2 Å². The number of hydrogen-bond acceptors (Lipinski definition) is 6. The average Bonchev–Trinajstić information content (AvgIpc) is 3.11. The predicted molar refractivity (Wildman–Crippen MR) is 107 cm³/mol. The summed E-state index contributed by atoms with van der Waals surface area (Å²) in [6, 6.07) is 14.2. The Morgan fingerprint density at radius 1 is 1.14 bits per heavy atom. The Labute approximate surface area is 167 Å². The van der Waals surface area contributed by atoms with Gasteiger partial charge in [-0.3, -0.25) is 9.59 Å². The van der Waals surface area contributed by atoms with Gasteiger partial charge in [0.15, 0.2) is 5.82 Å². The summed E-state index contributed by atoms with van der Waals surface area (Å²) in [7, 11) is 3.37. The predicted octanol–water partition coefficient (Wildman–Crippen LogP) is 3.62. The summed E-state index contributed by atoms with van der Waals surface area (Å²) >= 11 is 1.46. The molecule has 1 heterocycles. The molecule has 2 aromatic carbocycles. The van der Waals surface area contributed by atoms with Crippen molar-refractivity contribution in [3.05, 3.63) is 71.4 Å². The summed E-state index contributed by atoms with van der Waals surface area (Å²) in [5, 5.41) is 6.73. The quantitative estimate of drug-likeness (QED) is 0.640. The SMILES string of the molecule is Cc1nc(CSc2ccccc2C(=O)Nc2cccc(C(=O)N(C)C)c2)no1. The first-order valence-electron chi connectivity index (χ1n) is 8.58. The summed E-state index contributed by atoms with van der Waals surface area (Å²) in [5.41, 5.74) is 1.61. The van der Waals surface area contributed by atoms with E-state index in [2.05, 4.69) is 15.5 Å². The molecule has 0 saturated carbocycles. The van der Waals surface area contributed by atoms with Crippen LogP contribution in [-0.4, -0.2) is 41.0 Å². The van der Waals surface area contributed by atoms with Crippen LogP contribution in [0.3, 0.4) is 0 Å². The largest absolute Gasteiger partial charge is 0.345 e. The van der Waals surface area contributed by atoms with Gasteiger partial charge in [-0.2, -0.15) is 4.98 Å². The summed E-state index contributed by atoms with van der Waals surface area (Å²) in [6.45, 7) is 1.73. The molecule has 0 aliphatic heterocycles. The van der Waals surface area contributed by atoms with Gasteiger partial charge in [0.2, 0.25) is 5.89 Å². The highest BCUT2D eigenvalue weighted by Crippen LogP contribution is 2.26. The second-order valence-corrected chi connectivity index (χ2v) is 7.27. The Morgan fingerprint density at radius 3 is 2.64 bits per heavy atom. The van der Waals surface area contributed by atoms with Gasteiger partial charge in [-0.15, -0.1) is 11.8 Å². The van der Waals surface area contributed by atoms with E-state index in [0.717, 1.165) is 4.90 Å². The van der Waals surface area contributed by atoms with Gasteiger partial charge in [0.25, 0.3) is 11.8 Å². The molecule has 8 heteroatoms. The molecule has 1 aromatic heterocycles. The Bertz CT molecular complexity index is 1000. The van der Waals surface area contributed by atoms with Crippen molar-refractivity contribution < 1.29 is 14.1 Å². The minimum atomic E-state index is -0.248. The molecule has 7 nitrogen and oxygen atoms in total. The van der Waals surface area contributed by atoms with Crippen LogP contribution in [0.15, 0.2) is 57.9 Å². The summed E-state index contributed by atoms with van der Waals surface area (Å²) in [4.78, 5) is 31.4. The highest BCUT2D eigenvalue weighted by Gasteiger charge is 2.14. The van der Waals surface area contributed by atoms with E-state index in [0.29, 0.717) is 34.3 Å². The minimum absolute atomic E-state index is 0.123. The van der Waals surface area contributed by atoms with Crippen molar-refractivity contribution in [2.45, 2.75) is 17.6 Å². The molecule has 144 valence electrons. The molecule has 0 unspecified atom stereocenters. The van der Waals surface area contributed by atoms with Gasteiger partial charge in [-0.1, -0.05) is 23.4 Å². The molecule has 3 aromatic rings. The number of carbonyl (C=O) groups is 2. The van der Waals surface area contributed by atoms with E-state index >= 15 is 0 Å². The zero-order chi connectivity index (χ0) is 20.1.